The molecule has 80 valence electrons. The van der Waals surface area contributed by atoms with Crippen LogP contribution in [0, 0.1) is 0 Å². The van der Waals surface area contributed by atoms with Crippen LogP contribution < -0.4 is 0 Å². The number of rotatable bonds is 2. The summed E-state index contributed by atoms with van der Waals surface area (Å²) >= 11 is 0. The van der Waals surface area contributed by atoms with Gasteiger partial charge < -0.3 is 4.74 Å². The number of carbonyl (C=O) groups is 1. The summed E-state index contributed by atoms with van der Waals surface area (Å²) in [6, 6.07) is 0. The van der Waals surface area contributed by atoms with Crippen LogP contribution in [0.4, 0.5) is 4.79 Å². The zero-order valence-electron chi connectivity index (χ0n) is 8.47. The van der Waals surface area contributed by atoms with E-state index in [0.717, 1.165) is 6.42 Å². The molecule has 14 heavy (non-hydrogen) atoms. The van der Waals surface area contributed by atoms with Gasteiger partial charge in [0.1, 0.15) is 6.10 Å². The molecule has 3 nitrogen and oxygen atoms in total. The van der Waals surface area contributed by atoms with E-state index >= 15 is 0 Å². The molecule has 1 aliphatic heterocycles. The Kier molecular flexibility index (Phi) is 6.04. The highest BCUT2D eigenvalue weighted by molar-refractivity contribution is 5.85. The summed E-state index contributed by atoms with van der Waals surface area (Å²) in [6.45, 7) is 4.48. The van der Waals surface area contributed by atoms with Crippen molar-refractivity contribution < 1.29 is 9.53 Å². The van der Waals surface area contributed by atoms with Gasteiger partial charge in [0.15, 0.2) is 0 Å². The summed E-state index contributed by atoms with van der Waals surface area (Å²) in [5.74, 6) is 0. The van der Waals surface area contributed by atoms with Crippen LogP contribution in [0.1, 0.15) is 20.3 Å². The quantitative estimate of drug-likeness (QED) is 0.712. The molecule has 1 heterocycles. The fraction of sp³-hybridized carbons (Fsp3) is 0.500. The number of carbonyl (C=O) groups excluding carboxylic acids is 1. The number of hydrogen-bond donors (Lipinski definition) is 0. The van der Waals surface area contributed by atoms with Crippen molar-refractivity contribution in [2.45, 2.75) is 26.4 Å². The van der Waals surface area contributed by atoms with Gasteiger partial charge in [-0.25, -0.2) is 4.79 Å². The highest BCUT2D eigenvalue weighted by Gasteiger charge is 2.14. The minimum Gasteiger partial charge on any atom is -0.446 e. The van der Waals surface area contributed by atoms with Crippen molar-refractivity contribution in [2.24, 2.45) is 0 Å². The topological polar surface area (TPSA) is 29.5 Å². The third-order valence-corrected chi connectivity index (χ3v) is 1.93. The van der Waals surface area contributed by atoms with Crippen LogP contribution in [-0.4, -0.2) is 23.6 Å². The molecule has 0 fully saturated rings. The molecule has 1 rings (SSSR count). The summed E-state index contributed by atoms with van der Waals surface area (Å²) in [7, 11) is 0. The molecule has 0 aromatic carbocycles. The molecule has 1 aliphatic rings. The van der Waals surface area contributed by atoms with Crippen LogP contribution in [-0.2, 0) is 4.74 Å². The zero-order valence-corrected chi connectivity index (χ0v) is 9.29. The standard InChI is InChI=1S/C10H15NO2.ClH/c1-3-9(2)13-10(12)11-7-5-4-6-8-11;/h4-7,9H,3,8H2,1-2H3;1H. The molecular weight excluding hydrogens is 202 g/mol. The number of hydrogen-bond acceptors (Lipinski definition) is 2. The summed E-state index contributed by atoms with van der Waals surface area (Å²) in [4.78, 5) is 12.9. The molecule has 0 spiro atoms. The van der Waals surface area contributed by atoms with E-state index in [1.165, 1.54) is 0 Å². The first-order valence-electron chi connectivity index (χ1n) is 4.54. The first kappa shape index (κ1) is 13.0. The van der Waals surface area contributed by atoms with Crippen LogP contribution in [0.2, 0.25) is 0 Å². The van der Waals surface area contributed by atoms with Crippen molar-refractivity contribution in [1.29, 1.82) is 0 Å². The first-order chi connectivity index (χ1) is 6.24. The minimum absolute atomic E-state index is 0. The first-order valence-corrected chi connectivity index (χ1v) is 4.54. The van der Waals surface area contributed by atoms with Gasteiger partial charge in [-0.3, -0.25) is 4.90 Å². The lowest BCUT2D eigenvalue weighted by atomic mass is 10.3. The average molecular weight is 218 g/mol. The lowest BCUT2D eigenvalue weighted by molar-refractivity contribution is 0.0822. The zero-order chi connectivity index (χ0) is 9.68. The molecule has 0 radical (unpaired) electrons. The fourth-order valence-electron chi connectivity index (χ4n) is 0.926. The second-order valence-electron chi connectivity index (χ2n) is 3.02. The Morgan fingerprint density at radius 1 is 1.57 bits per heavy atom. The Hall–Kier alpha value is -0.960. The van der Waals surface area contributed by atoms with E-state index in [1.807, 2.05) is 32.1 Å². The van der Waals surface area contributed by atoms with Gasteiger partial charge in [-0.1, -0.05) is 19.1 Å². The van der Waals surface area contributed by atoms with E-state index in [1.54, 1.807) is 11.1 Å². The maximum absolute atomic E-state index is 11.4. The lowest BCUT2D eigenvalue weighted by Crippen LogP contribution is -2.30. The predicted octanol–water partition coefficient (Wildman–Crippen LogP) is 2.73. The third kappa shape index (κ3) is 3.83. The van der Waals surface area contributed by atoms with E-state index in [9.17, 15) is 4.79 Å². The molecule has 0 saturated carbocycles. The highest BCUT2D eigenvalue weighted by Crippen LogP contribution is 2.05. The normalized spacial score (nSPS) is 16.0. The molecule has 0 aromatic heterocycles. The van der Waals surface area contributed by atoms with Gasteiger partial charge in [0.25, 0.3) is 0 Å². The van der Waals surface area contributed by atoms with Crippen molar-refractivity contribution in [3.8, 4) is 0 Å². The monoisotopic (exact) mass is 217 g/mol. The second kappa shape index (κ2) is 6.49. The van der Waals surface area contributed by atoms with Gasteiger partial charge >= 0.3 is 6.09 Å². The molecule has 1 amide bonds. The van der Waals surface area contributed by atoms with Gasteiger partial charge in [-0.05, 0) is 19.4 Å². The molecule has 0 aromatic rings. The van der Waals surface area contributed by atoms with E-state index in [2.05, 4.69) is 0 Å². The van der Waals surface area contributed by atoms with Crippen LogP contribution in [0.25, 0.3) is 0 Å². The Morgan fingerprint density at radius 3 is 2.79 bits per heavy atom. The van der Waals surface area contributed by atoms with Crippen LogP contribution in [0.3, 0.4) is 0 Å². The van der Waals surface area contributed by atoms with Crippen molar-refractivity contribution in [1.82, 2.24) is 4.90 Å². The summed E-state index contributed by atoms with van der Waals surface area (Å²) < 4.78 is 5.14. The number of ether oxygens (including phenoxy) is 1. The van der Waals surface area contributed by atoms with Crippen molar-refractivity contribution in [3.63, 3.8) is 0 Å². The Morgan fingerprint density at radius 2 is 2.29 bits per heavy atom. The number of nitrogens with zero attached hydrogens (tertiary/aromatic N) is 1. The largest absolute Gasteiger partial charge is 0.446 e. The Balaban J connectivity index is 0.00000169. The van der Waals surface area contributed by atoms with Crippen molar-refractivity contribution >= 4 is 18.5 Å². The smallest absolute Gasteiger partial charge is 0.414 e. The van der Waals surface area contributed by atoms with Gasteiger partial charge in [-0.15, -0.1) is 12.4 Å². The Bertz CT molecular complexity index is 238. The lowest BCUT2D eigenvalue weighted by Gasteiger charge is -2.20. The number of allylic oxidation sites excluding steroid dienone is 2. The number of amides is 1. The van der Waals surface area contributed by atoms with Gasteiger partial charge in [0, 0.05) is 12.7 Å². The Labute approximate surface area is 90.8 Å². The summed E-state index contributed by atoms with van der Waals surface area (Å²) in [5.41, 5.74) is 0. The average Bonchev–Trinajstić information content (AvgIpc) is 2.19. The highest BCUT2D eigenvalue weighted by atomic mass is 35.5. The SMILES string of the molecule is CCC(C)OC(=O)N1C=CC=CC1.Cl. The summed E-state index contributed by atoms with van der Waals surface area (Å²) in [5, 5.41) is 0. The maximum Gasteiger partial charge on any atom is 0.414 e. The van der Waals surface area contributed by atoms with Crippen molar-refractivity contribution in [2.75, 3.05) is 6.54 Å². The minimum atomic E-state index is -0.269. The number of halogens is 1. The van der Waals surface area contributed by atoms with Crippen molar-refractivity contribution in [3.05, 3.63) is 24.4 Å². The van der Waals surface area contributed by atoms with Gasteiger partial charge in [0.05, 0.1) is 0 Å². The molecule has 1 unspecified atom stereocenters. The van der Waals surface area contributed by atoms with Crippen LogP contribution in [0.5, 0.6) is 0 Å². The van der Waals surface area contributed by atoms with E-state index in [4.69, 9.17) is 4.74 Å². The van der Waals surface area contributed by atoms with Gasteiger partial charge in [0.2, 0.25) is 0 Å². The van der Waals surface area contributed by atoms with E-state index < -0.39 is 0 Å². The molecule has 0 saturated heterocycles. The van der Waals surface area contributed by atoms with Crippen LogP contribution in [0.15, 0.2) is 24.4 Å². The fourth-order valence-corrected chi connectivity index (χ4v) is 0.926. The van der Waals surface area contributed by atoms with Crippen LogP contribution >= 0.6 is 12.4 Å². The molecule has 1 atom stereocenters. The molecule has 4 heteroatoms. The van der Waals surface area contributed by atoms with Gasteiger partial charge in [-0.2, -0.15) is 0 Å². The third-order valence-electron chi connectivity index (χ3n) is 1.93. The van der Waals surface area contributed by atoms with E-state index in [-0.39, 0.29) is 24.6 Å². The molecular formula is C10H16ClNO2. The molecule has 0 N–H and O–H groups in total. The second-order valence-corrected chi connectivity index (χ2v) is 3.02. The van der Waals surface area contributed by atoms with E-state index in [0.29, 0.717) is 6.54 Å². The predicted molar refractivity (Wildman–Crippen MR) is 58.5 cm³/mol. The summed E-state index contributed by atoms with van der Waals surface area (Å²) in [6.07, 6.45) is 7.94. The maximum atomic E-state index is 11.4. The molecule has 0 aliphatic carbocycles. The molecule has 0 bridgehead atoms.